The first-order chi connectivity index (χ1) is 9.26. The van der Waals surface area contributed by atoms with Gasteiger partial charge in [-0.2, -0.15) is 0 Å². The third kappa shape index (κ3) is 5.10. The van der Waals surface area contributed by atoms with Gasteiger partial charge in [0.1, 0.15) is 5.75 Å². The molecule has 0 N–H and O–H groups in total. The molecule has 0 aliphatic rings. The molecule has 1 aromatic rings. The molecule has 1 aromatic heterocycles. The van der Waals surface area contributed by atoms with Gasteiger partial charge in [-0.1, -0.05) is 32.9 Å². The number of hydrogen-bond donors (Lipinski definition) is 0. The van der Waals surface area contributed by atoms with Gasteiger partial charge in [-0.3, -0.25) is 4.98 Å². The Kier molecular flexibility index (Phi) is 5.96. The van der Waals surface area contributed by atoms with E-state index in [0.29, 0.717) is 0 Å². The van der Waals surface area contributed by atoms with Crippen LogP contribution in [0, 0.1) is 0 Å². The topological polar surface area (TPSA) is 31.4 Å². The molecule has 0 atom stereocenters. The second-order valence-electron chi connectivity index (χ2n) is 6.46. The molecule has 0 unspecified atom stereocenters. The summed E-state index contributed by atoms with van der Waals surface area (Å²) < 4.78 is 11.3. The molecule has 20 heavy (non-hydrogen) atoms. The second kappa shape index (κ2) is 7.04. The molecule has 3 nitrogen and oxygen atoms in total. The SMILES string of the molecule is COc1cncc(C=CCCO[Si](C)(C)C(C)(C)C)c1. The van der Waals surface area contributed by atoms with Crippen LogP contribution in [0.5, 0.6) is 5.75 Å². The summed E-state index contributed by atoms with van der Waals surface area (Å²) in [6, 6.07) is 1.97. The Bertz CT molecular complexity index is 450. The molecule has 0 spiro atoms. The summed E-state index contributed by atoms with van der Waals surface area (Å²) in [5, 5.41) is 0.271. The van der Waals surface area contributed by atoms with E-state index in [1.54, 1.807) is 13.3 Å². The molecule has 0 aliphatic carbocycles. The summed E-state index contributed by atoms with van der Waals surface area (Å²) in [5.41, 5.74) is 1.05. The number of methoxy groups -OCH3 is 1. The number of nitrogens with zero attached hydrogens (tertiary/aromatic N) is 1. The van der Waals surface area contributed by atoms with Gasteiger partial charge in [-0.05, 0) is 36.2 Å². The molecule has 0 radical (unpaired) electrons. The Morgan fingerprint density at radius 1 is 1.25 bits per heavy atom. The molecular formula is C16H27NO2Si. The van der Waals surface area contributed by atoms with Gasteiger partial charge in [-0.15, -0.1) is 0 Å². The predicted molar refractivity (Wildman–Crippen MR) is 87.6 cm³/mol. The van der Waals surface area contributed by atoms with E-state index in [-0.39, 0.29) is 5.04 Å². The average Bonchev–Trinajstić information content (AvgIpc) is 2.37. The maximum Gasteiger partial charge on any atom is 0.191 e. The van der Waals surface area contributed by atoms with E-state index in [2.05, 4.69) is 51.0 Å². The molecule has 1 heterocycles. The van der Waals surface area contributed by atoms with Crippen LogP contribution >= 0.6 is 0 Å². The molecule has 0 fully saturated rings. The molecular weight excluding hydrogens is 266 g/mol. The third-order valence-electron chi connectivity index (χ3n) is 3.83. The summed E-state index contributed by atoms with van der Waals surface area (Å²) >= 11 is 0. The highest BCUT2D eigenvalue weighted by molar-refractivity contribution is 6.74. The fraction of sp³-hybridized carbons (Fsp3) is 0.562. The molecule has 0 aliphatic heterocycles. The van der Waals surface area contributed by atoms with Crippen molar-refractivity contribution in [2.24, 2.45) is 0 Å². The van der Waals surface area contributed by atoms with Crippen molar-refractivity contribution in [3.8, 4) is 5.75 Å². The van der Waals surface area contributed by atoms with Crippen LogP contribution in [0.2, 0.25) is 18.1 Å². The second-order valence-corrected chi connectivity index (χ2v) is 11.3. The Labute approximate surface area is 124 Å². The Morgan fingerprint density at radius 3 is 2.55 bits per heavy atom. The quantitative estimate of drug-likeness (QED) is 0.571. The van der Waals surface area contributed by atoms with Gasteiger partial charge in [0.15, 0.2) is 8.32 Å². The minimum atomic E-state index is -1.62. The van der Waals surface area contributed by atoms with Gasteiger partial charge >= 0.3 is 0 Å². The van der Waals surface area contributed by atoms with E-state index in [1.807, 2.05) is 12.3 Å². The number of pyridine rings is 1. The van der Waals surface area contributed by atoms with Crippen molar-refractivity contribution in [2.45, 2.75) is 45.3 Å². The van der Waals surface area contributed by atoms with Crippen LogP contribution in [0.25, 0.3) is 6.08 Å². The molecule has 1 rings (SSSR count). The predicted octanol–water partition coefficient (Wildman–Crippen LogP) is 4.52. The monoisotopic (exact) mass is 293 g/mol. The summed E-state index contributed by atoms with van der Waals surface area (Å²) in [4.78, 5) is 4.13. The van der Waals surface area contributed by atoms with Gasteiger partial charge in [-0.25, -0.2) is 0 Å². The van der Waals surface area contributed by atoms with E-state index in [1.165, 1.54) is 0 Å². The molecule has 0 bridgehead atoms. The maximum atomic E-state index is 6.12. The number of ether oxygens (including phenoxy) is 1. The Balaban J connectivity index is 2.43. The van der Waals surface area contributed by atoms with Crippen LogP contribution < -0.4 is 4.74 Å². The van der Waals surface area contributed by atoms with Crippen LogP contribution in [0.4, 0.5) is 0 Å². The van der Waals surface area contributed by atoms with E-state index in [0.717, 1.165) is 24.3 Å². The Morgan fingerprint density at radius 2 is 1.95 bits per heavy atom. The van der Waals surface area contributed by atoms with E-state index in [9.17, 15) is 0 Å². The first-order valence-corrected chi connectivity index (χ1v) is 9.96. The first-order valence-electron chi connectivity index (χ1n) is 7.06. The van der Waals surface area contributed by atoms with Crippen molar-refractivity contribution in [2.75, 3.05) is 13.7 Å². The van der Waals surface area contributed by atoms with Crippen molar-refractivity contribution < 1.29 is 9.16 Å². The highest BCUT2D eigenvalue weighted by Gasteiger charge is 2.36. The summed E-state index contributed by atoms with van der Waals surface area (Å²) in [7, 11) is 0.0352. The van der Waals surface area contributed by atoms with Crippen molar-refractivity contribution in [1.82, 2.24) is 4.98 Å². The van der Waals surface area contributed by atoms with Gasteiger partial charge in [0.05, 0.1) is 13.3 Å². The molecule has 0 aromatic carbocycles. The summed E-state index contributed by atoms with van der Waals surface area (Å²) in [6.07, 6.45) is 8.64. The Hall–Kier alpha value is -1.13. The van der Waals surface area contributed by atoms with E-state index >= 15 is 0 Å². The normalized spacial score (nSPS) is 12.9. The lowest BCUT2D eigenvalue weighted by atomic mass is 10.2. The lowest BCUT2D eigenvalue weighted by Gasteiger charge is -2.36. The summed E-state index contributed by atoms with van der Waals surface area (Å²) in [5.74, 6) is 0.782. The fourth-order valence-electron chi connectivity index (χ4n) is 1.46. The zero-order chi connectivity index (χ0) is 15.2. The van der Waals surface area contributed by atoms with Crippen molar-refractivity contribution in [3.63, 3.8) is 0 Å². The van der Waals surface area contributed by atoms with Crippen LogP contribution in [0.15, 0.2) is 24.5 Å². The van der Waals surface area contributed by atoms with Crippen molar-refractivity contribution >= 4 is 14.4 Å². The van der Waals surface area contributed by atoms with Crippen molar-refractivity contribution in [3.05, 3.63) is 30.1 Å². The van der Waals surface area contributed by atoms with E-state index in [4.69, 9.17) is 9.16 Å². The number of hydrogen-bond acceptors (Lipinski definition) is 3. The fourth-order valence-corrected chi connectivity index (χ4v) is 2.52. The maximum absolute atomic E-state index is 6.12. The third-order valence-corrected chi connectivity index (χ3v) is 8.37. The van der Waals surface area contributed by atoms with Gasteiger partial charge in [0.25, 0.3) is 0 Å². The highest BCUT2D eigenvalue weighted by atomic mass is 28.4. The van der Waals surface area contributed by atoms with E-state index < -0.39 is 8.32 Å². The largest absolute Gasteiger partial charge is 0.495 e. The van der Waals surface area contributed by atoms with Crippen LogP contribution in [-0.2, 0) is 4.43 Å². The average molecular weight is 293 g/mol. The van der Waals surface area contributed by atoms with Gasteiger partial charge < -0.3 is 9.16 Å². The summed E-state index contributed by atoms with van der Waals surface area (Å²) in [6.45, 7) is 12.1. The number of aromatic nitrogens is 1. The molecule has 0 saturated heterocycles. The molecule has 0 amide bonds. The molecule has 112 valence electrons. The van der Waals surface area contributed by atoms with Gasteiger partial charge in [0.2, 0.25) is 0 Å². The minimum absolute atomic E-state index is 0.271. The van der Waals surface area contributed by atoms with Gasteiger partial charge in [0, 0.05) is 12.8 Å². The van der Waals surface area contributed by atoms with Crippen LogP contribution in [-0.4, -0.2) is 27.0 Å². The smallest absolute Gasteiger partial charge is 0.191 e. The zero-order valence-corrected chi connectivity index (χ0v) is 14.6. The minimum Gasteiger partial charge on any atom is -0.495 e. The standard InChI is InChI=1S/C16H27NO2Si/c1-16(2,3)20(5,6)19-10-8-7-9-14-11-15(18-4)13-17-12-14/h7,9,11-13H,8,10H2,1-6H3. The lowest BCUT2D eigenvalue weighted by molar-refractivity contribution is 0.294. The van der Waals surface area contributed by atoms with Crippen molar-refractivity contribution in [1.29, 1.82) is 0 Å². The lowest BCUT2D eigenvalue weighted by Crippen LogP contribution is -2.40. The van der Waals surface area contributed by atoms with Crippen LogP contribution in [0.1, 0.15) is 32.8 Å². The molecule has 0 saturated carbocycles. The molecule has 4 heteroatoms. The zero-order valence-electron chi connectivity index (χ0n) is 13.6. The van der Waals surface area contributed by atoms with Crippen LogP contribution in [0.3, 0.4) is 0 Å². The highest BCUT2D eigenvalue weighted by Crippen LogP contribution is 2.36. The number of rotatable bonds is 6. The first kappa shape index (κ1) is 16.9.